The Morgan fingerprint density at radius 2 is 1.47 bits per heavy atom. The Bertz CT molecular complexity index is 334. The van der Waals surface area contributed by atoms with Crippen molar-refractivity contribution in [1.82, 2.24) is 9.80 Å². The lowest BCUT2D eigenvalue weighted by Crippen LogP contribution is -2.47. The third-order valence-corrected chi connectivity index (χ3v) is 4.07. The third kappa shape index (κ3) is 5.52. The fourth-order valence-corrected chi connectivity index (χ4v) is 2.90. The highest BCUT2D eigenvalue weighted by Crippen LogP contribution is 2.07. The van der Waals surface area contributed by atoms with Crippen molar-refractivity contribution in [3.63, 3.8) is 0 Å². The van der Waals surface area contributed by atoms with Crippen LogP contribution in [0.5, 0.6) is 0 Å². The van der Waals surface area contributed by atoms with Gasteiger partial charge < -0.3 is 4.90 Å². The molecule has 106 valence electrons. The number of hydrogen-bond acceptors (Lipinski definition) is 2. The second-order valence-corrected chi connectivity index (χ2v) is 5.69. The summed E-state index contributed by atoms with van der Waals surface area (Å²) in [6, 6.07) is 10.8. The molecule has 1 aliphatic heterocycles. The smallest absolute Gasteiger partial charge is 0.0351 e. The molecule has 0 atom stereocenters. The van der Waals surface area contributed by atoms with Crippen molar-refractivity contribution in [1.29, 1.82) is 0 Å². The maximum atomic E-state index is 5.78. The second-order valence-electron chi connectivity index (χ2n) is 5.31. The number of alkyl halides is 1. The van der Waals surface area contributed by atoms with Crippen LogP contribution < -0.4 is 0 Å². The number of benzene rings is 1. The highest BCUT2D eigenvalue weighted by Gasteiger charge is 2.15. The number of hydrogen-bond donors (Lipinski definition) is 0. The molecule has 19 heavy (non-hydrogen) atoms. The topological polar surface area (TPSA) is 6.48 Å². The molecular formula is C16H25ClN2. The number of halogens is 1. The third-order valence-electron chi connectivity index (χ3n) is 3.90. The highest BCUT2D eigenvalue weighted by atomic mass is 35.5. The van der Waals surface area contributed by atoms with Gasteiger partial charge in [-0.3, -0.25) is 4.90 Å². The molecule has 0 radical (unpaired) electrons. The lowest BCUT2D eigenvalue weighted by atomic mass is 10.1. The molecule has 1 aromatic rings. The van der Waals surface area contributed by atoms with E-state index in [1.807, 2.05) is 0 Å². The molecule has 0 spiro atoms. The summed E-state index contributed by atoms with van der Waals surface area (Å²) in [5.41, 5.74) is 1.47. The van der Waals surface area contributed by atoms with Gasteiger partial charge in [-0.1, -0.05) is 30.3 Å². The Morgan fingerprint density at radius 3 is 2.11 bits per heavy atom. The van der Waals surface area contributed by atoms with E-state index in [9.17, 15) is 0 Å². The van der Waals surface area contributed by atoms with Crippen LogP contribution in [-0.4, -0.2) is 54.9 Å². The van der Waals surface area contributed by atoms with E-state index in [4.69, 9.17) is 11.6 Å². The van der Waals surface area contributed by atoms with Crippen LogP contribution in [0.1, 0.15) is 18.4 Å². The van der Waals surface area contributed by atoms with Crippen LogP contribution >= 0.6 is 11.6 Å². The first-order valence-electron chi connectivity index (χ1n) is 7.43. The summed E-state index contributed by atoms with van der Waals surface area (Å²) in [6.07, 6.45) is 3.82. The number of rotatable bonds is 7. The van der Waals surface area contributed by atoms with Crippen LogP contribution in [-0.2, 0) is 6.42 Å². The minimum atomic E-state index is 0.761. The molecule has 0 unspecified atom stereocenters. The number of nitrogens with zero attached hydrogens (tertiary/aromatic N) is 2. The van der Waals surface area contributed by atoms with Crippen LogP contribution in [0.25, 0.3) is 0 Å². The van der Waals surface area contributed by atoms with Gasteiger partial charge in [0.2, 0.25) is 0 Å². The zero-order valence-electron chi connectivity index (χ0n) is 11.7. The van der Waals surface area contributed by atoms with Gasteiger partial charge in [-0.15, -0.1) is 11.6 Å². The average molecular weight is 281 g/mol. The Labute approximate surface area is 122 Å². The molecule has 0 N–H and O–H groups in total. The van der Waals surface area contributed by atoms with E-state index in [-0.39, 0.29) is 0 Å². The second kappa shape index (κ2) is 8.57. The van der Waals surface area contributed by atoms with Gasteiger partial charge in [0.15, 0.2) is 0 Å². The molecule has 0 amide bonds. The largest absolute Gasteiger partial charge is 0.301 e. The molecule has 0 aromatic heterocycles. The van der Waals surface area contributed by atoms with Crippen LogP contribution in [0.4, 0.5) is 0 Å². The van der Waals surface area contributed by atoms with Gasteiger partial charge in [0.25, 0.3) is 0 Å². The fraction of sp³-hybridized carbons (Fsp3) is 0.625. The molecule has 1 aromatic carbocycles. The van der Waals surface area contributed by atoms with Gasteiger partial charge in [-0.25, -0.2) is 0 Å². The predicted molar refractivity (Wildman–Crippen MR) is 83.0 cm³/mol. The maximum absolute atomic E-state index is 5.78. The van der Waals surface area contributed by atoms with Gasteiger partial charge in [0, 0.05) is 38.6 Å². The summed E-state index contributed by atoms with van der Waals surface area (Å²) in [5, 5.41) is 0. The zero-order valence-corrected chi connectivity index (χ0v) is 12.5. The lowest BCUT2D eigenvalue weighted by molar-refractivity contribution is 0.136. The highest BCUT2D eigenvalue weighted by molar-refractivity contribution is 6.18. The Balaban J connectivity index is 1.55. The van der Waals surface area contributed by atoms with Crippen LogP contribution in [0.15, 0.2) is 30.3 Å². The normalized spacial score (nSPS) is 17.7. The lowest BCUT2D eigenvalue weighted by Gasteiger charge is -2.34. The molecule has 1 aliphatic rings. The number of aryl methyl sites for hydroxylation is 1. The van der Waals surface area contributed by atoms with Crippen molar-refractivity contribution in [3.05, 3.63) is 35.9 Å². The summed E-state index contributed by atoms with van der Waals surface area (Å²) < 4.78 is 0. The molecule has 0 aliphatic carbocycles. The summed E-state index contributed by atoms with van der Waals surface area (Å²) in [4.78, 5) is 5.06. The average Bonchev–Trinajstić information content (AvgIpc) is 2.47. The van der Waals surface area contributed by atoms with Gasteiger partial charge in [0.05, 0.1) is 0 Å². The minimum absolute atomic E-state index is 0.761. The van der Waals surface area contributed by atoms with Crippen molar-refractivity contribution in [3.8, 4) is 0 Å². The molecule has 0 bridgehead atoms. The van der Waals surface area contributed by atoms with E-state index >= 15 is 0 Å². The van der Waals surface area contributed by atoms with Gasteiger partial charge >= 0.3 is 0 Å². The first-order chi connectivity index (χ1) is 9.38. The SMILES string of the molecule is ClCCN1CCN(CCCCc2ccccc2)CC1. The summed E-state index contributed by atoms with van der Waals surface area (Å²) in [5.74, 6) is 0.761. The van der Waals surface area contributed by atoms with Crippen LogP contribution in [0.3, 0.4) is 0 Å². The molecular weight excluding hydrogens is 256 g/mol. The number of piperazine rings is 1. The minimum Gasteiger partial charge on any atom is -0.301 e. The van der Waals surface area contributed by atoms with Crippen molar-refractivity contribution in [2.45, 2.75) is 19.3 Å². The van der Waals surface area contributed by atoms with Crippen molar-refractivity contribution in [2.24, 2.45) is 0 Å². The molecule has 1 fully saturated rings. The summed E-state index contributed by atoms with van der Waals surface area (Å²) in [6.45, 7) is 7.09. The molecule has 1 heterocycles. The van der Waals surface area contributed by atoms with Gasteiger partial charge in [-0.2, -0.15) is 0 Å². The van der Waals surface area contributed by atoms with Crippen molar-refractivity contribution in [2.75, 3.05) is 45.1 Å². The monoisotopic (exact) mass is 280 g/mol. The molecule has 3 heteroatoms. The van der Waals surface area contributed by atoms with Crippen molar-refractivity contribution < 1.29 is 0 Å². The Kier molecular flexibility index (Phi) is 6.69. The first kappa shape index (κ1) is 14.8. The fourth-order valence-electron chi connectivity index (χ4n) is 2.67. The number of unbranched alkanes of at least 4 members (excludes halogenated alkanes) is 1. The summed E-state index contributed by atoms with van der Waals surface area (Å²) >= 11 is 5.78. The molecule has 2 nitrogen and oxygen atoms in total. The van der Waals surface area contributed by atoms with Crippen LogP contribution in [0, 0.1) is 0 Å². The molecule has 0 saturated carbocycles. The van der Waals surface area contributed by atoms with Gasteiger partial charge in [0.1, 0.15) is 0 Å². The van der Waals surface area contributed by atoms with Crippen molar-refractivity contribution >= 4 is 11.6 Å². The first-order valence-corrected chi connectivity index (χ1v) is 7.96. The maximum Gasteiger partial charge on any atom is 0.0351 e. The Morgan fingerprint density at radius 1 is 0.842 bits per heavy atom. The standard InChI is InChI=1S/C16H25ClN2/c17-9-11-19-14-12-18(13-15-19)10-5-4-8-16-6-2-1-3-7-16/h1-3,6-7H,4-5,8-15H2. The Hall–Kier alpha value is -0.570. The molecule has 1 saturated heterocycles. The van der Waals surface area contributed by atoms with E-state index in [0.717, 1.165) is 12.4 Å². The van der Waals surface area contributed by atoms with E-state index in [0.29, 0.717) is 0 Å². The predicted octanol–water partition coefficient (Wildman–Crippen LogP) is 2.87. The van der Waals surface area contributed by atoms with E-state index in [1.54, 1.807) is 0 Å². The summed E-state index contributed by atoms with van der Waals surface area (Å²) in [7, 11) is 0. The van der Waals surface area contributed by atoms with E-state index in [2.05, 4.69) is 40.1 Å². The van der Waals surface area contributed by atoms with Crippen LogP contribution in [0.2, 0.25) is 0 Å². The van der Waals surface area contributed by atoms with E-state index < -0.39 is 0 Å². The molecule has 2 rings (SSSR count). The van der Waals surface area contributed by atoms with E-state index in [1.165, 1.54) is 57.5 Å². The zero-order chi connectivity index (χ0) is 13.3. The van der Waals surface area contributed by atoms with Gasteiger partial charge in [-0.05, 0) is 31.4 Å². The quantitative estimate of drug-likeness (QED) is 0.560.